The zero-order valence-corrected chi connectivity index (χ0v) is 22.3. The highest BCUT2D eigenvalue weighted by Crippen LogP contribution is 2.42. The first-order valence-electron chi connectivity index (χ1n) is 12.8. The van der Waals surface area contributed by atoms with Crippen molar-refractivity contribution in [2.45, 2.75) is 76.2 Å². The van der Waals surface area contributed by atoms with Gasteiger partial charge in [-0.25, -0.2) is 4.79 Å². The average molecular weight is 516 g/mol. The quantitative estimate of drug-likeness (QED) is 0.371. The number of carbonyl (C=O) groups is 2. The predicted molar refractivity (Wildman–Crippen MR) is 140 cm³/mol. The second kappa shape index (κ2) is 12.2. The summed E-state index contributed by atoms with van der Waals surface area (Å²) in [6.07, 6.45) is 9.94. The molecular weight excluding hydrogens is 478 g/mol. The van der Waals surface area contributed by atoms with Crippen LogP contribution in [0.25, 0.3) is 0 Å². The molecule has 3 atom stereocenters. The van der Waals surface area contributed by atoms with Crippen LogP contribution < -0.4 is 4.74 Å². The maximum Gasteiger partial charge on any atom is 0.374 e. The van der Waals surface area contributed by atoms with Crippen molar-refractivity contribution in [2.75, 3.05) is 26.6 Å². The van der Waals surface area contributed by atoms with E-state index in [9.17, 15) is 9.59 Å². The highest BCUT2D eigenvalue weighted by molar-refractivity contribution is 8.13. The van der Waals surface area contributed by atoms with E-state index >= 15 is 0 Å². The van der Waals surface area contributed by atoms with Crippen LogP contribution in [0.2, 0.25) is 0 Å². The molecule has 0 spiro atoms. The van der Waals surface area contributed by atoms with Gasteiger partial charge in [0.05, 0.1) is 33.0 Å². The standard InChI is InChI=1S/C28H37NO6S/c1-20-9-7-5-4-6-8-10-23-17-28(15-16-34-23,35-26(30)25(20)33-3)24-19-36-27(31)29(24)18-21-11-13-22(32-2)14-12-21/h4-5,11-14,23-24H,6-10,15-19H2,1-3H3/t23-,24+,28-/m1/s1. The van der Waals surface area contributed by atoms with Crippen LogP contribution in [0.4, 0.5) is 4.79 Å². The maximum atomic E-state index is 13.5. The number of thioether (sulfide) groups is 1. The Kier molecular flexibility index (Phi) is 9.01. The molecule has 1 aromatic carbocycles. The molecule has 0 aliphatic carbocycles. The van der Waals surface area contributed by atoms with E-state index < -0.39 is 11.6 Å². The van der Waals surface area contributed by atoms with Crippen molar-refractivity contribution in [2.24, 2.45) is 0 Å². The normalized spacial score (nSPS) is 28.0. The Morgan fingerprint density at radius 3 is 2.64 bits per heavy atom. The third kappa shape index (κ3) is 6.09. The lowest BCUT2D eigenvalue weighted by atomic mass is 9.81. The molecule has 7 nitrogen and oxygen atoms in total. The molecule has 0 aromatic heterocycles. The minimum absolute atomic E-state index is 0.00696. The molecular formula is C28H37NO6S. The number of rotatable bonds is 5. The van der Waals surface area contributed by atoms with Gasteiger partial charge in [0.15, 0.2) is 0 Å². The minimum Gasteiger partial charge on any atom is -0.497 e. The second-order valence-electron chi connectivity index (χ2n) is 9.72. The van der Waals surface area contributed by atoms with Crippen LogP contribution in [0, 0.1) is 0 Å². The lowest BCUT2D eigenvalue weighted by Gasteiger charge is -2.46. The fourth-order valence-corrected chi connectivity index (χ4v) is 6.50. The molecule has 1 aromatic rings. The van der Waals surface area contributed by atoms with Gasteiger partial charge < -0.3 is 23.8 Å². The monoisotopic (exact) mass is 515 g/mol. The summed E-state index contributed by atoms with van der Waals surface area (Å²) in [6, 6.07) is 7.49. The van der Waals surface area contributed by atoms with Crippen molar-refractivity contribution < 1.29 is 28.5 Å². The maximum absolute atomic E-state index is 13.5. The van der Waals surface area contributed by atoms with Gasteiger partial charge in [0.25, 0.3) is 5.24 Å². The van der Waals surface area contributed by atoms with Gasteiger partial charge in [-0.2, -0.15) is 0 Å². The zero-order valence-electron chi connectivity index (χ0n) is 21.5. The number of ether oxygens (including phenoxy) is 4. The third-order valence-corrected chi connectivity index (χ3v) is 8.33. The number of allylic oxidation sites excluding steroid dienone is 3. The summed E-state index contributed by atoms with van der Waals surface area (Å²) in [5.74, 6) is 1.15. The van der Waals surface area contributed by atoms with Crippen molar-refractivity contribution >= 4 is 23.0 Å². The van der Waals surface area contributed by atoms with Gasteiger partial charge in [0.1, 0.15) is 11.4 Å². The van der Waals surface area contributed by atoms with E-state index in [0.717, 1.165) is 49.0 Å². The number of esters is 1. The summed E-state index contributed by atoms with van der Waals surface area (Å²) >= 11 is 1.29. The van der Waals surface area contributed by atoms with Gasteiger partial charge in [-0.05, 0) is 62.3 Å². The van der Waals surface area contributed by atoms with Gasteiger partial charge in [0.2, 0.25) is 5.76 Å². The summed E-state index contributed by atoms with van der Waals surface area (Å²) in [5, 5.41) is 0.00696. The second-order valence-corrected chi connectivity index (χ2v) is 10.7. The van der Waals surface area contributed by atoms with Crippen molar-refractivity contribution in [3.05, 3.63) is 53.3 Å². The van der Waals surface area contributed by atoms with Crippen LogP contribution in [0.5, 0.6) is 5.75 Å². The summed E-state index contributed by atoms with van der Waals surface area (Å²) in [5.41, 5.74) is 1.04. The number of amides is 1. The Labute approximate surface area is 218 Å². The Morgan fingerprint density at radius 2 is 1.89 bits per heavy atom. The van der Waals surface area contributed by atoms with Crippen LogP contribution in [0.15, 0.2) is 47.7 Å². The molecule has 2 fully saturated rings. The lowest BCUT2D eigenvalue weighted by Crippen LogP contribution is -2.58. The van der Waals surface area contributed by atoms with Gasteiger partial charge in [-0.1, -0.05) is 36.0 Å². The fraction of sp³-hybridized carbons (Fsp3) is 0.571. The Bertz CT molecular complexity index is 990. The molecule has 3 heterocycles. The fourth-order valence-electron chi connectivity index (χ4n) is 5.36. The number of hydrogen-bond donors (Lipinski definition) is 0. The summed E-state index contributed by atoms with van der Waals surface area (Å²) in [7, 11) is 3.15. The van der Waals surface area contributed by atoms with Crippen LogP contribution in [-0.2, 0) is 25.5 Å². The van der Waals surface area contributed by atoms with Crippen molar-refractivity contribution in [1.82, 2.24) is 4.90 Å². The highest BCUT2D eigenvalue weighted by atomic mass is 32.2. The molecule has 2 bridgehead atoms. The summed E-state index contributed by atoms with van der Waals surface area (Å²) in [6.45, 7) is 2.86. The van der Waals surface area contributed by atoms with E-state index in [1.54, 1.807) is 7.11 Å². The van der Waals surface area contributed by atoms with E-state index in [1.165, 1.54) is 18.9 Å². The molecule has 0 radical (unpaired) electrons. The SMILES string of the molecule is COC1=C(C)CCC=CCCC[C@@H]2C[C@@]([C@@H]3CSC(=O)N3Cc3ccc(OC)cc3)(CCO2)OC1=O. The lowest BCUT2D eigenvalue weighted by molar-refractivity contribution is -0.185. The molecule has 196 valence electrons. The average Bonchev–Trinajstić information content (AvgIpc) is 3.24. The summed E-state index contributed by atoms with van der Waals surface area (Å²) < 4.78 is 23.4. The summed E-state index contributed by atoms with van der Waals surface area (Å²) in [4.78, 5) is 28.5. The molecule has 3 aliphatic rings. The first-order valence-corrected chi connectivity index (χ1v) is 13.7. The first-order chi connectivity index (χ1) is 17.5. The van der Waals surface area contributed by atoms with Crippen molar-refractivity contribution in [1.29, 1.82) is 0 Å². The Hall–Kier alpha value is -2.45. The van der Waals surface area contributed by atoms with E-state index in [-0.39, 0.29) is 23.1 Å². The largest absolute Gasteiger partial charge is 0.497 e. The van der Waals surface area contributed by atoms with Crippen LogP contribution in [0.1, 0.15) is 57.4 Å². The number of fused-ring (bicyclic) bond motifs is 2. The molecule has 3 aliphatic heterocycles. The van der Waals surface area contributed by atoms with Gasteiger partial charge in [-0.3, -0.25) is 4.79 Å². The van der Waals surface area contributed by atoms with Gasteiger partial charge in [0, 0.05) is 25.1 Å². The third-order valence-electron chi connectivity index (χ3n) is 7.37. The van der Waals surface area contributed by atoms with Gasteiger partial charge in [-0.15, -0.1) is 0 Å². The molecule has 2 saturated heterocycles. The molecule has 36 heavy (non-hydrogen) atoms. The number of hydrogen-bond acceptors (Lipinski definition) is 7. The highest BCUT2D eigenvalue weighted by Gasteiger charge is 2.53. The number of nitrogens with zero attached hydrogens (tertiary/aromatic N) is 1. The minimum atomic E-state index is -0.838. The number of benzene rings is 1. The van der Waals surface area contributed by atoms with E-state index in [1.807, 2.05) is 36.1 Å². The van der Waals surface area contributed by atoms with Crippen LogP contribution in [-0.4, -0.2) is 60.4 Å². The first kappa shape index (κ1) is 26.6. The topological polar surface area (TPSA) is 74.3 Å². The molecule has 8 heteroatoms. The smallest absolute Gasteiger partial charge is 0.374 e. The van der Waals surface area contributed by atoms with Crippen molar-refractivity contribution in [3.8, 4) is 5.75 Å². The molecule has 0 N–H and O–H groups in total. The Balaban J connectivity index is 1.66. The van der Waals surface area contributed by atoms with E-state index in [0.29, 0.717) is 31.7 Å². The number of carbonyl (C=O) groups excluding carboxylic acids is 2. The molecule has 0 unspecified atom stereocenters. The van der Waals surface area contributed by atoms with Crippen LogP contribution in [0.3, 0.4) is 0 Å². The van der Waals surface area contributed by atoms with E-state index in [4.69, 9.17) is 18.9 Å². The predicted octanol–water partition coefficient (Wildman–Crippen LogP) is 5.63. The molecule has 1 amide bonds. The Morgan fingerprint density at radius 1 is 1.11 bits per heavy atom. The van der Waals surface area contributed by atoms with E-state index in [2.05, 4.69) is 12.2 Å². The van der Waals surface area contributed by atoms with Crippen LogP contribution >= 0.6 is 11.8 Å². The zero-order chi connectivity index (χ0) is 25.5. The molecule has 4 rings (SSSR count). The number of methoxy groups -OCH3 is 2. The van der Waals surface area contributed by atoms with Crippen molar-refractivity contribution in [3.63, 3.8) is 0 Å². The molecule has 0 saturated carbocycles. The van der Waals surface area contributed by atoms with Gasteiger partial charge >= 0.3 is 5.97 Å².